The SMILES string of the molecule is Clc1nc2cccc(Cl)c2nc1-c1ccccc1. The third kappa shape index (κ3) is 1.94. The van der Waals surface area contributed by atoms with Crippen molar-refractivity contribution in [1.82, 2.24) is 9.97 Å². The van der Waals surface area contributed by atoms with Gasteiger partial charge in [-0.05, 0) is 12.1 Å². The minimum atomic E-state index is 0.385. The van der Waals surface area contributed by atoms with E-state index < -0.39 is 0 Å². The van der Waals surface area contributed by atoms with E-state index in [-0.39, 0.29) is 0 Å². The predicted octanol–water partition coefficient (Wildman–Crippen LogP) is 4.60. The van der Waals surface area contributed by atoms with Gasteiger partial charge in [-0.15, -0.1) is 0 Å². The van der Waals surface area contributed by atoms with Gasteiger partial charge in [0.05, 0.1) is 10.5 Å². The first kappa shape index (κ1) is 11.5. The molecule has 0 radical (unpaired) electrons. The summed E-state index contributed by atoms with van der Waals surface area (Å²) >= 11 is 12.3. The van der Waals surface area contributed by atoms with Crippen LogP contribution in [0.15, 0.2) is 48.5 Å². The zero-order chi connectivity index (χ0) is 12.5. The topological polar surface area (TPSA) is 25.8 Å². The number of fused-ring (bicyclic) bond motifs is 1. The van der Waals surface area contributed by atoms with E-state index in [2.05, 4.69) is 9.97 Å². The summed E-state index contributed by atoms with van der Waals surface area (Å²) in [5.41, 5.74) is 2.95. The lowest BCUT2D eigenvalue weighted by molar-refractivity contribution is 1.29. The molecule has 2 aromatic carbocycles. The maximum absolute atomic E-state index is 6.17. The number of benzene rings is 2. The van der Waals surface area contributed by atoms with Gasteiger partial charge in [0.2, 0.25) is 0 Å². The lowest BCUT2D eigenvalue weighted by Gasteiger charge is -2.06. The Labute approximate surface area is 114 Å². The Bertz CT molecular complexity index is 712. The van der Waals surface area contributed by atoms with Crippen molar-refractivity contribution in [3.8, 4) is 11.3 Å². The van der Waals surface area contributed by atoms with Crippen LogP contribution in [0.4, 0.5) is 0 Å². The molecule has 0 saturated carbocycles. The van der Waals surface area contributed by atoms with Crippen LogP contribution in [0, 0.1) is 0 Å². The normalized spacial score (nSPS) is 10.8. The molecule has 0 bridgehead atoms. The highest BCUT2D eigenvalue weighted by Crippen LogP contribution is 2.29. The molecule has 0 unspecified atom stereocenters. The van der Waals surface area contributed by atoms with Crippen LogP contribution in [0.25, 0.3) is 22.3 Å². The van der Waals surface area contributed by atoms with Gasteiger partial charge in [0.25, 0.3) is 0 Å². The molecule has 0 amide bonds. The Hall–Kier alpha value is -1.64. The molecule has 3 aromatic rings. The van der Waals surface area contributed by atoms with Gasteiger partial charge < -0.3 is 0 Å². The molecule has 88 valence electrons. The fourth-order valence-corrected chi connectivity index (χ4v) is 2.26. The third-order valence-corrected chi connectivity index (χ3v) is 3.22. The summed E-state index contributed by atoms with van der Waals surface area (Å²) in [6.45, 7) is 0. The number of aromatic nitrogens is 2. The molecule has 0 aliphatic rings. The molecule has 0 aliphatic carbocycles. The molecule has 18 heavy (non-hydrogen) atoms. The minimum Gasteiger partial charge on any atom is -0.241 e. The first-order valence-corrected chi connectivity index (χ1v) is 6.18. The second-order valence-corrected chi connectivity index (χ2v) is 4.60. The first-order valence-electron chi connectivity index (χ1n) is 5.43. The quantitative estimate of drug-likeness (QED) is 0.648. The van der Waals surface area contributed by atoms with E-state index in [0.717, 1.165) is 5.56 Å². The fourth-order valence-electron chi connectivity index (χ4n) is 1.80. The fraction of sp³-hybridized carbons (Fsp3) is 0. The van der Waals surface area contributed by atoms with Crippen molar-refractivity contribution in [2.45, 2.75) is 0 Å². The van der Waals surface area contributed by atoms with E-state index >= 15 is 0 Å². The van der Waals surface area contributed by atoms with Gasteiger partial charge in [-0.25, -0.2) is 9.97 Å². The van der Waals surface area contributed by atoms with Crippen LogP contribution >= 0.6 is 23.2 Å². The first-order chi connectivity index (χ1) is 8.75. The van der Waals surface area contributed by atoms with Crippen LogP contribution in [-0.2, 0) is 0 Å². The summed E-state index contributed by atoms with van der Waals surface area (Å²) < 4.78 is 0. The van der Waals surface area contributed by atoms with Gasteiger partial charge in [0.1, 0.15) is 11.2 Å². The third-order valence-electron chi connectivity index (χ3n) is 2.65. The molecule has 0 aliphatic heterocycles. The minimum absolute atomic E-state index is 0.385. The Kier molecular flexibility index (Phi) is 2.90. The summed E-state index contributed by atoms with van der Waals surface area (Å²) in [6, 6.07) is 15.2. The molecule has 4 heteroatoms. The van der Waals surface area contributed by atoms with E-state index in [1.54, 1.807) is 6.07 Å². The van der Waals surface area contributed by atoms with Crippen molar-refractivity contribution in [1.29, 1.82) is 0 Å². The van der Waals surface area contributed by atoms with Crippen LogP contribution in [0.5, 0.6) is 0 Å². The second kappa shape index (κ2) is 4.56. The molecule has 2 nitrogen and oxygen atoms in total. The molecule has 0 atom stereocenters. The molecule has 1 aromatic heterocycles. The zero-order valence-electron chi connectivity index (χ0n) is 9.27. The van der Waals surface area contributed by atoms with Crippen LogP contribution in [0.1, 0.15) is 0 Å². The number of hydrogen-bond acceptors (Lipinski definition) is 2. The van der Waals surface area contributed by atoms with E-state index in [0.29, 0.717) is 26.9 Å². The number of rotatable bonds is 1. The maximum atomic E-state index is 6.17. The lowest BCUT2D eigenvalue weighted by Crippen LogP contribution is -1.91. The van der Waals surface area contributed by atoms with Crippen LogP contribution in [0.3, 0.4) is 0 Å². The molecule has 0 fully saturated rings. The van der Waals surface area contributed by atoms with E-state index in [4.69, 9.17) is 23.2 Å². The average Bonchev–Trinajstić information content (AvgIpc) is 2.39. The van der Waals surface area contributed by atoms with E-state index in [9.17, 15) is 0 Å². The zero-order valence-corrected chi connectivity index (χ0v) is 10.8. The molecular weight excluding hydrogens is 267 g/mol. The smallest absolute Gasteiger partial charge is 0.156 e. The van der Waals surface area contributed by atoms with Crippen LogP contribution in [-0.4, -0.2) is 9.97 Å². The monoisotopic (exact) mass is 274 g/mol. The average molecular weight is 275 g/mol. The van der Waals surface area contributed by atoms with Gasteiger partial charge >= 0.3 is 0 Å². The van der Waals surface area contributed by atoms with Gasteiger partial charge in [0, 0.05) is 5.56 Å². The molecule has 1 heterocycles. The number of para-hydroxylation sites is 1. The van der Waals surface area contributed by atoms with Crippen molar-refractivity contribution in [2.24, 2.45) is 0 Å². The van der Waals surface area contributed by atoms with Gasteiger partial charge in [-0.2, -0.15) is 0 Å². The van der Waals surface area contributed by atoms with Gasteiger partial charge in [-0.1, -0.05) is 59.6 Å². The maximum Gasteiger partial charge on any atom is 0.156 e. The highest BCUT2D eigenvalue weighted by Gasteiger charge is 2.10. The summed E-state index contributed by atoms with van der Waals surface area (Å²) in [7, 11) is 0. The summed E-state index contributed by atoms with van der Waals surface area (Å²) in [5.74, 6) is 0. The Morgan fingerprint density at radius 2 is 1.56 bits per heavy atom. The summed E-state index contributed by atoms with van der Waals surface area (Å²) in [5, 5.41) is 0.963. The Morgan fingerprint density at radius 3 is 2.33 bits per heavy atom. The van der Waals surface area contributed by atoms with Crippen molar-refractivity contribution in [3.63, 3.8) is 0 Å². The highest BCUT2D eigenvalue weighted by molar-refractivity contribution is 6.35. The van der Waals surface area contributed by atoms with E-state index in [1.165, 1.54) is 0 Å². The second-order valence-electron chi connectivity index (χ2n) is 3.84. The number of hydrogen-bond donors (Lipinski definition) is 0. The Balaban J connectivity index is 2.31. The molecular formula is C14H8Cl2N2. The number of nitrogens with zero attached hydrogens (tertiary/aromatic N) is 2. The standard InChI is InChI=1S/C14H8Cl2N2/c15-10-7-4-8-11-13(10)18-12(14(16)17-11)9-5-2-1-3-6-9/h1-8H. The molecule has 0 spiro atoms. The van der Waals surface area contributed by atoms with Crippen molar-refractivity contribution < 1.29 is 0 Å². The van der Waals surface area contributed by atoms with Crippen molar-refractivity contribution in [3.05, 3.63) is 58.7 Å². The van der Waals surface area contributed by atoms with E-state index in [1.807, 2.05) is 42.5 Å². The summed E-state index contributed by atoms with van der Waals surface area (Å²) in [4.78, 5) is 8.85. The van der Waals surface area contributed by atoms with Crippen molar-refractivity contribution in [2.75, 3.05) is 0 Å². The summed E-state index contributed by atoms with van der Waals surface area (Å²) in [6.07, 6.45) is 0. The molecule has 0 N–H and O–H groups in total. The number of halogens is 2. The van der Waals surface area contributed by atoms with Gasteiger partial charge in [0.15, 0.2) is 5.15 Å². The lowest BCUT2D eigenvalue weighted by atomic mass is 10.1. The Morgan fingerprint density at radius 1 is 0.778 bits per heavy atom. The molecule has 3 rings (SSSR count). The largest absolute Gasteiger partial charge is 0.241 e. The van der Waals surface area contributed by atoms with Crippen LogP contribution in [0.2, 0.25) is 10.2 Å². The van der Waals surface area contributed by atoms with Gasteiger partial charge in [-0.3, -0.25) is 0 Å². The highest BCUT2D eigenvalue weighted by atomic mass is 35.5. The van der Waals surface area contributed by atoms with Crippen LogP contribution < -0.4 is 0 Å². The molecule has 0 saturated heterocycles. The van der Waals surface area contributed by atoms with Crippen molar-refractivity contribution >= 4 is 34.2 Å². The predicted molar refractivity (Wildman–Crippen MR) is 75.0 cm³/mol.